The van der Waals surface area contributed by atoms with Crippen LogP contribution in [-0.2, 0) is 6.42 Å². The van der Waals surface area contributed by atoms with Gasteiger partial charge in [-0.15, -0.1) is 13.2 Å². The molecule has 0 heterocycles. The van der Waals surface area contributed by atoms with Crippen LogP contribution in [0.1, 0.15) is 47.7 Å². The molecule has 0 fully saturated rings. The van der Waals surface area contributed by atoms with E-state index >= 15 is 0 Å². The summed E-state index contributed by atoms with van der Waals surface area (Å²) in [5.74, 6) is -4.59. The Kier molecular flexibility index (Phi) is 5.91. The van der Waals surface area contributed by atoms with Crippen LogP contribution in [0.3, 0.4) is 0 Å². The van der Waals surface area contributed by atoms with E-state index < -0.39 is 29.7 Å². The molecule has 0 N–H and O–H groups in total. The first kappa shape index (κ1) is 20.8. The third-order valence-electron chi connectivity index (χ3n) is 4.47. The van der Waals surface area contributed by atoms with Crippen molar-refractivity contribution in [1.29, 1.82) is 0 Å². The average molecular weight is 412 g/mol. The zero-order valence-electron chi connectivity index (χ0n) is 15.4. The molecule has 8 heteroatoms. The predicted molar refractivity (Wildman–Crippen MR) is 95.6 cm³/mol. The van der Waals surface area contributed by atoms with Crippen LogP contribution < -0.4 is 9.47 Å². The van der Waals surface area contributed by atoms with Crippen molar-refractivity contribution in [3.63, 3.8) is 0 Å². The monoisotopic (exact) mass is 412 g/mol. The summed E-state index contributed by atoms with van der Waals surface area (Å²) in [5.41, 5.74) is 1.99. The Morgan fingerprint density at radius 1 is 1.10 bits per heavy atom. The lowest BCUT2D eigenvalue weighted by Gasteiger charge is -2.18. The summed E-state index contributed by atoms with van der Waals surface area (Å²) < 4.78 is 73.5. The van der Waals surface area contributed by atoms with Crippen molar-refractivity contribution in [3.8, 4) is 11.5 Å². The average Bonchev–Trinajstić information content (AvgIpc) is 2.63. The molecular formula is C21H17F5O3. The van der Waals surface area contributed by atoms with Gasteiger partial charge in [0.2, 0.25) is 0 Å². The maximum absolute atomic E-state index is 14.8. The number of benzene rings is 2. The molecule has 3 nitrogen and oxygen atoms in total. The summed E-state index contributed by atoms with van der Waals surface area (Å²) in [6.45, 7) is 2.06. The summed E-state index contributed by atoms with van der Waals surface area (Å²) in [5, 5.41) is 0. The molecule has 0 radical (unpaired) electrons. The summed E-state index contributed by atoms with van der Waals surface area (Å²) in [6.07, 6.45) is -0.0950. The minimum Gasteiger partial charge on any atom is -0.423 e. The molecule has 0 saturated heterocycles. The molecule has 29 heavy (non-hydrogen) atoms. The van der Waals surface area contributed by atoms with Gasteiger partial charge in [-0.1, -0.05) is 31.1 Å². The summed E-state index contributed by atoms with van der Waals surface area (Å²) in [6, 6.07) is 5.06. The van der Waals surface area contributed by atoms with E-state index in [0.717, 1.165) is 18.9 Å². The Bertz CT molecular complexity index is 964. The molecule has 2 aromatic carbocycles. The zero-order chi connectivity index (χ0) is 21.2. The van der Waals surface area contributed by atoms with Crippen molar-refractivity contribution in [2.45, 2.75) is 39.0 Å². The van der Waals surface area contributed by atoms with E-state index in [2.05, 4.69) is 11.7 Å². The third kappa shape index (κ3) is 4.93. The van der Waals surface area contributed by atoms with Crippen LogP contribution in [0, 0.1) is 11.6 Å². The molecule has 0 aromatic heterocycles. The number of esters is 1. The second-order valence-electron chi connectivity index (χ2n) is 6.58. The van der Waals surface area contributed by atoms with Crippen LogP contribution in [0.4, 0.5) is 22.0 Å². The highest BCUT2D eigenvalue weighted by molar-refractivity contribution is 5.92. The first-order chi connectivity index (χ1) is 13.7. The van der Waals surface area contributed by atoms with Crippen molar-refractivity contribution in [2.75, 3.05) is 0 Å². The quantitative estimate of drug-likeness (QED) is 0.333. The Labute approximate surface area is 163 Å². The summed E-state index contributed by atoms with van der Waals surface area (Å²) in [4.78, 5) is 12.3. The van der Waals surface area contributed by atoms with Crippen LogP contribution in [0.15, 0.2) is 35.9 Å². The van der Waals surface area contributed by atoms with E-state index in [0.29, 0.717) is 36.1 Å². The normalized spacial score (nSPS) is 13.5. The summed E-state index contributed by atoms with van der Waals surface area (Å²) >= 11 is 0. The van der Waals surface area contributed by atoms with Crippen LogP contribution in [-0.4, -0.2) is 12.3 Å². The van der Waals surface area contributed by atoms with Crippen LogP contribution in [0.25, 0.3) is 6.08 Å². The molecule has 0 atom stereocenters. The van der Waals surface area contributed by atoms with Crippen molar-refractivity contribution in [3.05, 3.63) is 64.2 Å². The molecule has 0 bridgehead atoms. The molecule has 0 amide bonds. The van der Waals surface area contributed by atoms with E-state index in [1.807, 2.05) is 6.08 Å². The Morgan fingerprint density at radius 3 is 2.52 bits per heavy atom. The molecule has 3 rings (SSSR count). The number of carbonyl (C=O) groups excluding carboxylic acids is 1. The number of allylic oxidation sites excluding steroid dienone is 1. The molecule has 1 aliphatic carbocycles. The molecule has 0 spiro atoms. The van der Waals surface area contributed by atoms with Crippen molar-refractivity contribution in [1.82, 2.24) is 0 Å². The van der Waals surface area contributed by atoms with E-state index in [1.165, 1.54) is 11.6 Å². The number of hydrogen-bond donors (Lipinski definition) is 0. The van der Waals surface area contributed by atoms with Crippen molar-refractivity contribution >= 4 is 12.0 Å². The number of alkyl halides is 3. The maximum atomic E-state index is 14.8. The number of fused-ring (bicyclic) bond motifs is 1. The number of rotatable bonds is 5. The molecular weight excluding hydrogens is 395 g/mol. The second-order valence-corrected chi connectivity index (χ2v) is 6.58. The van der Waals surface area contributed by atoms with E-state index in [9.17, 15) is 26.7 Å². The fourth-order valence-corrected chi connectivity index (χ4v) is 3.19. The molecule has 2 aromatic rings. The van der Waals surface area contributed by atoms with E-state index in [4.69, 9.17) is 4.74 Å². The molecule has 154 valence electrons. The van der Waals surface area contributed by atoms with Crippen LogP contribution >= 0.6 is 0 Å². The summed E-state index contributed by atoms with van der Waals surface area (Å²) in [7, 11) is 0. The van der Waals surface area contributed by atoms with E-state index in [-0.39, 0.29) is 11.3 Å². The second kappa shape index (κ2) is 8.23. The number of carbonyl (C=O) groups is 1. The first-order valence-electron chi connectivity index (χ1n) is 8.96. The van der Waals surface area contributed by atoms with Gasteiger partial charge < -0.3 is 9.47 Å². The number of hydrogen-bond acceptors (Lipinski definition) is 3. The molecule has 0 unspecified atom stereocenters. The standard InChI is InChI=1S/C21H17F5O3/c1-2-3-12-4-7-15-13(10-12)5-8-16(19(15)23)20(27)28-14-6-9-18(17(22)11-14)29-21(24,25)26/h5-6,8-11H,2-4,7H2,1H3. The van der Waals surface area contributed by atoms with Gasteiger partial charge in [-0.2, -0.15) is 0 Å². The van der Waals surface area contributed by atoms with Gasteiger partial charge in [-0.05, 0) is 48.6 Å². The maximum Gasteiger partial charge on any atom is 0.573 e. The first-order valence-corrected chi connectivity index (χ1v) is 8.96. The van der Waals surface area contributed by atoms with Gasteiger partial charge in [0.05, 0.1) is 5.56 Å². The Balaban J connectivity index is 1.79. The zero-order valence-corrected chi connectivity index (χ0v) is 15.4. The highest BCUT2D eigenvalue weighted by atomic mass is 19.4. The number of ether oxygens (including phenoxy) is 2. The molecule has 0 aliphatic heterocycles. The smallest absolute Gasteiger partial charge is 0.423 e. The topological polar surface area (TPSA) is 35.5 Å². The molecule has 1 aliphatic rings. The minimum absolute atomic E-state index is 0.327. The van der Waals surface area contributed by atoms with Crippen molar-refractivity contribution < 1.29 is 36.2 Å². The highest BCUT2D eigenvalue weighted by Gasteiger charge is 2.32. The number of halogens is 5. The van der Waals surface area contributed by atoms with Gasteiger partial charge in [0.25, 0.3) is 0 Å². The minimum atomic E-state index is -5.06. The highest BCUT2D eigenvalue weighted by Crippen LogP contribution is 2.31. The largest absolute Gasteiger partial charge is 0.573 e. The van der Waals surface area contributed by atoms with E-state index in [1.54, 1.807) is 6.07 Å². The lowest BCUT2D eigenvalue weighted by Crippen LogP contribution is -2.18. The Morgan fingerprint density at radius 2 is 1.86 bits per heavy atom. The lowest BCUT2D eigenvalue weighted by atomic mass is 9.88. The van der Waals surface area contributed by atoms with Gasteiger partial charge in [0.15, 0.2) is 11.6 Å². The Hall–Kier alpha value is -2.90. The van der Waals surface area contributed by atoms with Gasteiger partial charge in [-0.3, -0.25) is 0 Å². The van der Waals surface area contributed by atoms with Gasteiger partial charge in [0.1, 0.15) is 11.6 Å². The SMILES string of the molecule is CCCC1=Cc2ccc(C(=O)Oc3ccc(OC(F)(F)F)c(F)c3)c(F)c2CC1. The third-order valence-corrected chi connectivity index (χ3v) is 4.47. The van der Waals surface area contributed by atoms with Crippen LogP contribution in [0.5, 0.6) is 11.5 Å². The van der Waals surface area contributed by atoms with Crippen LogP contribution in [0.2, 0.25) is 0 Å². The van der Waals surface area contributed by atoms with Gasteiger partial charge >= 0.3 is 12.3 Å². The fraction of sp³-hybridized carbons (Fsp3) is 0.286. The van der Waals surface area contributed by atoms with Crippen molar-refractivity contribution in [2.24, 2.45) is 0 Å². The van der Waals surface area contributed by atoms with Gasteiger partial charge in [0, 0.05) is 6.07 Å². The molecule has 0 saturated carbocycles. The van der Waals surface area contributed by atoms with Gasteiger partial charge in [-0.25, -0.2) is 13.6 Å². The lowest BCUT2D eigenvalue weighted by molar-refractivity contribution is -0.275. The fourth-order valence-electron chi connectivity index (χ4n) is 3.19. The predicted octanol–water partition coefficient (Wildman–Crippen LogP) is 6.21.